The standard InChI is InChI=1S/C9H24NO3Si.C4H10O3Si/c1-4-11-10(12-5-2,13-6-3)8-7-9-14;5-4(6)7-2-1-3-8/h4-9H2,1-3,14H3;1-3H2,8H3,(H,5,6)/q+1;. The summed E-state index contributed by atoms with van der Waals surface area (Å²) >= 11 is 0. The number of rotatable bonds is 12. The van der Waals surface area contributed by atoms with Crippen molar-refractivity contribution in [2.45, 2.75) is 45.7 Å². The number of hydrogen-bond acceptors (Lipinski definition) is 5. The third-order valence-electron chi connectivity index (χ3n) is 2.49. The molecule has 1 N–H and O–H groups in total. The molecule has 0 unspecified atom stereocenters. The fraction of sp³-hybridized carbons (Fsp3) is 0.923. The molecule has 0 aromatic heterocycles. The molecule has 0 atom stereocenters. The van der Waals surface area contributed by atoms with E-state index in [-0.39, 0.29) is 4.97 Å². The molecule has 0 fully saturated rings. The van der Waals surface area contributed by atoms with Crippen molar-refractivity contribution in [3.63, 3.8) is 0 Å². The van der Waals surface area contributed by atoms with Gasteiger partial charge in [0.05, 0.1) is 11.6 Å². The van der Waals surface area contributed by atoms with Crippen LogP contribution in [0.3, 0.4) is 0 Å². The Balaban J connectivity index is 0. The Bertz CT molecular complexity index is 242. The first-order valence-corrected chi connectivity index (χ1v) is 11.0. The third-order valence-corrected chi connectivity index (χ3v) is 3.90. The zero-order valence-corrected chi connectivity index (χ0v) is 18.8. The van der Waals surface area contributed by atoms with Crippen LogP contribution in [0.25, 0.3) is 0 Å². The van der Waals surface area contributed by atoms with E-state index in [0.717, 1.165) is 35.7 Å². The average molecular weight is 357 g/mol. The smallest absolute Gasteiger partial charge is 0.450 e. The van der Waals surface area contributed by atoms with E-state index in [1.807, 2.05) is 20.8 Å². The van der Waals surface area contributed by atoms with Crippen molar-refractivity contribution in [3.8, 4) is 0 Å². The number of hydrogen-bond donors (Lipinski definition) is 1. The van der Waals surface area contributed by atoms with Crippen molar-refractivity contribution in [2.75, 3.05) is 33.0 Å². The monoisotopic (exact) mass is 356 g/mol. The fourth-order valence-corrected chi connectivity index (χ4v) is 2.16. The molecule has 9 heteroatoms. The molecule has 0 aliphatic heterocycles. The summed E-state index contributed by atoms with van der Waals surface area (Å²) in [4.78, 5) is 26.1. The van der Waals surface area contributed by atoms with Crippen LogP contribution in [-0.2, 0) is 19.2 Å². The van der Waals surface area contributed by atoms with E-state index in [0.29, 0.717) is 26.4 Å². The van der Waals surface area contributed by atoms with Gasteiger partial charge in [-0.3, -0.25) is 0 Å². The van der Waals surface area contributed by atoms with Gasteiger partial charge in [0.1, 0.15) is 19.8 Å². The highest BCUT2D eigenvalue weighted by atomic mass is 28.1. The first kappa shape index (κ1) is 23.8. The number of hydroxylamine groups is 3. The predicted octanol–water partition coefficient (Wildman–Crippen LogP) is 0.686. The number of carbonyl (C=O) groups is 1. The van der Waals surface area contributed by atoms with Gasteiger partial charge in [-0.2, -0.15) is 0 Å². The second kappa shape index (κ2) is 16.9. The molecule has 0 radical (unpaired) electrons. The van der Waals surface area contributed by atoms with Crippen LogP contribution in [0.5, 0.6) is 0 Å². The third kappa shape index (κ3) is 14.5. The summed E-state index contributed by atoms with van der Waals surface area (Å²) in [5.41, 5.74) is 0. The van der Waals surface area contributed by atoms with E-state index in [4.69, 9.17) is 19.6 Å². The number of carboxylic acid groups (broad SMARTS) is 1. The topological polar surface area (TPSA) is 74.2 Å². The largest absolute Gasteiger partial charge is 0.505 e. The van der Waals surface area contributed by atoms with Crippen LogP contribution in [0.4, 0.5) is 4.79 Å². The molecule has 0 rings (SSSR count). The fourth-order valence-electron chi connectivity index (χ4n) is 1.55. The highest BCUT2D eigenvalue weighted by molar-refractivity contribution is 6.08. The lowest BCUT2D eigenvalue weighted by molar-refractivity contribution is -1.37. The van der Waals surface area contributed by atoms with E-state index >= 15 is 0 Å². The number of ether oxygens (including phenoxy) is 1. The summed E-state index contributed by atoms with van der Waals surface area (Å²) in [6.45, 7) is 8.78. The molecule has 0 aliphatic rings. The Morgan fingerprint density at radius 3 is 1.73 bits per heavy atom. The zero-order valence-electron chi connectivity index (χ0n) is 14.8. The zero-order chi connectivity index (χ0) is 17.3. The Morgan fingerprint density at radius 2 is 1.41 bits per heavy atom. The molecule has 0 spiro atoms. The van der Waals surface area contributed by atoms with Crippen molar-refractivity contribution in [3.05, 3.63) is 0 Å². The van der Waals surface area contributed by atoms with Gasteiger partial charge < -0.3 is 9.84 Å². The molecule has 0 aliphatic carbocycles. The minimum atomic E-state index is -1.17. The highest BCUT2D eigenvalue weighted by Gasteiger charge is 2.32. The molecule has 134 valence electrons. The van der Waals surface area contributed by atoms with Crippen molar-refractivity contribution in [1.29, 1.82) is 0 Å². The highest BCUT2D eigenvalue weighted by Crippen LogP contribution is 2.13. The normalized spacial score (nSPS) is 11.0. The molecular weight excluding hydrogens is 322 g/mol. The van der Waals surface area contributed by atoms with Crippen LogP contribution in [0, 0.1) is 0 Å². The predicted molar refractivity (Wildman–Crippen MR) is 92.7 cm³/mol. The molecule has 0 saturated carbocycles. The van der Waals surface area contributed by atoms with Gasteiger partial charge in [-0.15, -0.1) is 14.5 Å². The molecule has 0 aromatic rings. The van der Waals surface area contributed by atoms with Gasteiger partial charge in [0.15, 0.2) is 6.54 Å². The SMILES string of the molecule is CCO[N+](CCC[SiH3])(OCC)OCC.O=C(O)OCCC[SiH3]. The van der Waals surface area contributed by atoms with E-state index < -0.39 is 6.16 Å². The summed E-state index contributed by atoms with van der Waals surface area (Å²) < 4.78 is 4.22. The van der Waals surface area contributed by atoms with E-state index in [1.165, 1.54) is 16.3 Å². The minimum absolute atomic E-state index is 0.0915. The maximum Gasteiger partial charge on any atom is 0.505 e. The first-order valence-electron chi connectivity index (χ1n) is 8.19. The Hall–Kier alpha value is -0.456. The van der Waals surface area contributed by atoms with E-state index in [9.17, 15) is 4.79 Å². The maximum atomic E-state index is 9.66. The van der Waals surface area contributed by atoms with E-state index in [1.54, 1.807) is 0 Å². The van der Waals surface area contributed by atoms with Crippen molar-refractivity contribution in [2.24, 2.45) is 0 Å². The molecule has 0 aromatic carbocycles. The molecule has 0 saturated heterocycles. The summed E-state index contributed by atoms with van der Waals surface area (Å²) in [6, 6.07) is 2.35. The van der Waals surface area contributed by atoms with Gasteiger partial charge in [0.2, 0.25) is 0 Å². The Morgan fingerprint density at radius 1 is 0.955 bits per heavy atom. The minimum Gasteiger partial charge on any atom is -0.450 e. The van der Waals surface area contributed by atoms with Gasteiger partial charge in [-0.25, -0.2) is 4.79 Å². The average Bonchev–Trinajstić information content (AvgIpc) is 2.47. The number of nitrogens with zero attached hydrogens (tertiary/aromatic N) is 1. The van der Waals surface area contributed by atoms with Crippen LogP contribution in [0.2, 0.25) is 12.1 Å². The lowest BCUT2D eigenvalue weighted by atomic mass is 10.5. The molecule has 7 nitrogen and oxygen atoms in total. The lowest BCUT2D eigenvalue weighted by Crippen LogP contribution is -2.48. The van der Waals surface area contributed by atoms with Crippen molar-refractivity contribution in [1.82, 2.24) is 0 Å². The van der Waals surface area contributed by atoms with Gasteiger partial charge in [-0.1, -0.05) is 12.1 Å². The van der Waals surface area contributed by atoms with Gasteiger partial charge in [-0.05, 0) is 27.2 Å². The second-order valence-electron chi connectivity index (χ2n) is 4.41. The quantitative estimate of drug-likeness (QED) is 0.182. The van der Waals surface area contributed by atoms with Crippen LogP contribution < -0.4 is 0 Å². The van der Waals surface area contributed by atoms with Gasteiger partial charge >= 0.3 is 6.16 Å². The Labute approximate surface area is 140 Å². The lowest BCUT2D eigenvalue weighted by Gasteiger charge is -2.28. The van der Waals surface area contributed by atoms with Gasteiger partial charge in [0.25, 0.3) is 0 Å². The van der Waals surface area contributed by atoms with E-state index in [2.05, 4.69) is 4.74 Å². The summed E-state index contributed by atoms with van der Waals surface area (Å²) in [6.07, 6.45) is 0.796. The van der Waals surface area contributed by atoms with Crippen LogP contribution >= 0.6 is 0 Å². The Kier molecular flexibility index (Phi) is 18.3. The molecule has 0 bridgehead atoms. The van der Waals surface area contributed by atoms with Crippen LogP contribution in [0.15, 0.2) is 0 Å². The summed E-state index contributed by atoms with van der Waals surface area (Å²) in [5, 5.41) is 7.93. The molecule has 0 heterocycles. The van der Waals surface area contributed by atoms with Crippen molar-refractivity contribution < 1.29 is 34.1 Å². The van der Waals surface area contributed by atoms with Crippen LogP contribution in [-0.4, -0.2) is 69.7 Å². The summed E-state index contributed by atoms with van der Waals surface area (Å²) in [7, 11) is 2.34. The molecular formula is C13H34NO6Si2+. The second-order valence-corrected chi connectivity index (χ2v) is 6.41. The van der Waals surface area contributed by atoms with Crippen molar-refractivity contribution >= 4 is 26.6 Å². The maximum absolute atomic E-state index is 9.66. The molecule has 22 heavy (non-hydrogen) atoms. The molecule has 0 amide bonds. The van der Waals surface area contributed by atoms with Crippen LogP contribution in [0.1, 0.15) is 33.6 Å². The first-order chi connectivity index (χ1) is 10.5. The summed E-state index contributed by atoms with van der Waals surface area (Å²) in [5.74, 6) is 0. The number of quaternary nitrogens is 1. The van der Waals surface area contributed by atoms with Gasteiger partial charge in [0, 0.05) is 26.9 Å².